The Balaban J connectivity index is 1.60. The van der Waals surface area contributed by atoms with Crippen molar-refractivity contribution in [3.05, 3.63) is 64.1 Å². The topological polar surface area (TPSA) is 82.8 Å². The molecule has 0 radical (unpaired) electrons. The number of aromatic nitrogens is 2. The summed E-state index contributed by atoms with van der Waals surface area (Å²) in [4.78, 5) is 16.5. The highest BCUT2D eigenvalue weighted by atomic mass is 35.5. The first-order chi connectivity index (χ1) is 14.5. The van der Waals surface area contributed by atoms with E-state index in [0.29, 0.717) is 33.1 Å². The van der Waals surface area contributed by atoms with Crippen molar-refractivity contribution >= 4 is 29.3 Å². The third-order valence-corrected chi connectivity index (χ3v) is 6.12. The Bertz CT molecular complexity index is 1100. The van der Waals surface area contributed by atoms with Crippen molar-refractivity contribution in [2.45, 2.75) is 24.2 Å². The molecule has 1 aliphatic rings. The maximum absolute atomic E-state index is 12.0. The second-order valence-corrected chi connectivity index (χ2v) is 8.01. The van der Waals surface area contributed by atoms with Gasteiger partial charge in [-0.1, -0.05) is 35.5 Å². The number of aryl methyl sites for hydroxylation is 1. The van der Waals surface area contributed by atoms with Crippen LogP contribution >= 0.6 is 23.4 Å². The zero-order chi connectivity index (χ0) is 21.3. The van der Waals surface area contributed by atoms with Gasteiger partial charge in [0, 0.05) is 16.8 Å². The summed E-state index contributed by atoms with van der Waals surface area (Å²) < 4.78 is 17.6. The van der Waals surface area contributed by atoms with Crippen LogP contribution in [0.15, 0.2) is 41.4 Å². The molecule has 1 N–H and O–H groups in total. The molecule has 0 bridgehead atoms. The van der Waals surface area contributed by atoms with Gasteiger partial charge in [0.05, 0.1) is 13.7 Å². The van der Waals surface area contributed by atoms with Gasteiger partial charge >= 0.3 is 5.97 Å². The van der Waals surface area contributed by atoms with Crippen molar-refractivity contribution < 1.29 is 24.1 Å². The summed E-state index contributed by atoms with van der Waals surface area (Å²) >= 11 is 7.76. The minimum atomic E-state index is -1.04. The molecule has 3 aromatic rings. The number of carbonyl (C=O) groups is 1. The fourth-order valence-corrected chi connectivity index (χ4v) is 4.40. The number of methoxy groups -OCH3 is 1. The molecule has 2 aromatic carbocycles. The van der Waals surface area contributed by atoms with Crippen molar-refractivity contribution in [1.82, 2.24) is 9.55 Å². The normalized spacial score (nSPS) is 12.2. The average Bonchev–Trinajstić information content (AvgIpc) is 3.30. The lowest BCUT2D eigenvalue weighted by atomic mass is 10.2. The van der Waals surface area contributed by atoms with E-state index in [1.807, 2.05) is 24.3 Å². The van der Waals surface area contributed by atoms with Gasteiger partial charge in [0.25, 0.3) is 0 Å². The van der Waals surface area contributed by atoms with Crippen LogP contribution in [-0.2, 0) is 12.3 Å². The average molecular weight is 447 g/mol. The predicted molar refractivity (Wildman–Crippen MR) is 113 cm³/mol. The van der Waals surface area contributed by atoms with Gasteiger partial charge in [-0.2, -0.15) is 0 Å². The summed E-state index contributed by atoms with van der Waals surface area (Å²) in [5, 5.41) is 10.8. The van der Waals surface area contributed by atoms with E-state index in [2.05, 4.69) is 4.98 Å². The molecule has 1 aromatic heterocycles. The molecule has 4 rings (SSSR count). The second kappa shape index (κ2) is 8.49. The van der Waals surface area contributed by atoms with Crippen LogP contribution in [0.25, 0.3) is 0 Å². The van der Waals surface area contributed by atoms with Crippen LogP contribution in [0.3, 0.4) is 0 Å². The largest absolute Gasteiger partial charge is 0.497 e. The van der Waals surface area contributed by atoms with Crippen molar-refractivity contribution in [3.8, 4) is 17.2 Å². The van der Waals surface area contributed by atoms with E-state index in [9.17, 15) is 9.90 Å². The van der Waals surface area contributed by atoms with Crippen molar-refractivity contribution in [1.29, 1.82) is 0 Å². The third kappa shape index (κ3) is 4.06. The standard InChI is InChI=1S/C21H19ClN2O5S/c1-12-23-20(30-10-13-3-5-15(27-2)6-4-13)19(21(25)26)24(12)9-14-7-17-18(8-16(14)22)29-11-28-17/h3-8H,9-11H2,1-2H3,(H,25,26). The summed E-state index contributed by atoms with van der Waals surface area (Å²) in [7, 11) is 1.62. The summed E-state index contributed by atoms with van der Waals surface area (Å²) in [6, 6.07) is 11.1. The van der Waals surface area contributed by atoms with Crippen LogP contribution in [-0.4, -0.2) is 34.5 Å². The number of benzene rings is 2. The summed E-state index contributed by atoms with van der Waals surface area (Å²) in [5.41, 5.74) is 1.92. The maximum Gasteiger partial charge on any atom is 0.355 e. The molecule has 0 unspecified atom stereocenters. The van der Waals surface area contributed by atoms with Crippen LogP contribution < -0.4 is 14.2 Å². The molecule has 0 fully saturated rings. The van der Waals surface area contributed by atoms with Gasteiger partial charge in [0.15, 0.2) is 17.2 Å². The number of carboxylic acids is 1. The molecule has 0 saturated carbocycles. The lowest BCUT2D eigenvalue weighted by Crippen LogP contribution is -2.12. The van der Waals surface area contributed by atoms with Gasteiger partial charge < -0.3 is 23.9 Å². The lowest BCUT2D eigenvalue weighted by Gasteiger charge is -2.11. The second-order valence-electron chi connectivity index (χ2n) is 6.64. The SMILES string of the molecule is COc1ccc(CSc2nc(C)n(Cc3cc4c(cc3Cl)OCO4)c2C(=O)O)cc1. The summed E-state index contributed by atoms with van der Waals surface area (Å²) in [5.74, 6) is 2.10. The highest BCUT2D eigenvalue weighted by Crippen LogP contribution is 2.37. The molecular weight excluding hydrogens is 428 g/mol. The molecule has 0 spiro atoms. The van der Waals surface area contributed by atoms with Crippen molar-refractivity contribution in [2.75, 3.05) is 13.9 Å². The van der Waals surface area contributed by atoms with Gasteiger partial charge in [0.1, 0.15) is 16.6 Å². The molecular formula is C21H19ClN2O5S. The highest BCUT2D eigenvalue weighted by Gasteiger charge is 2.23. The number of nitrogens with zero attached hydrogens (tertiary/aromatic N) is 2. The Hall–Kier alpha value is -2.84. The van der Waals surface area contributed by atoms with Crippen molar-refractivity contribution in [2.24, 2.45) is 0 Å². The Labute approximate surface area is 182 Å². The third-order valence-electron chi connectivity index (χ3n) is 4.73. The molecule has 156 valence electrons. The number of aromatic carboxylic acids is 1. The number of hydrogen-bond acceptors (Lipinski definition) is 6. The summed E-state index contributed by atoms with van der Waals surface area (Å²) in [6.45, 7) is 2.19. The Morgan fingerprint density at radius 1 is 1.27 bits per heavy atom. The highest BCUT2D eigenvalue weighted by molar-refractivity contribution is 7.98. The zero-order valence-corrected chi connectivity index (χ0v) is 17.9. The van der Waals surface area contributed by atoms with E-state index in [-0.39, 0.29) is 19.0 Å². The van der Waals surface area contributed by atoms with E-state index in [1.165, 1.54) is 11.8 Å². The van der Waals surface area contributed by atoms with Crippen LogP contribution in [0.2, 0.25) is 5.02 Å². The van der Waals surface area contributed by atoms with Gasteiger partial charge in [-0.05, 0) is 36.2 Å². The number of ether oxygens (including phenoxy) is 3. The lowest BCUT2D eigenvalue weighted by molar-refractivity contribution is 0.0681. The van der Waals surface area contributed by atoms with Gasteiger partial charge in [-0.15, -0.1) is 0 Å². The van der Waals surface area contributed by atoms with E-state index < -0.39 is 5.97 Å². The number of rotatable bonds is 7. The fraction of sp³-hybridized carbons (Fsp3) is 0.238. The number of hydrogen-bond donors (Lipinski definition) is 1. The Morgan fingerprint density at radius 2 is 1.97 bits per heavy atom. The maximum atomic E-state index is 12.0. The van der Waals surface area contributed by atoms with Crippen molar-refractivity contribution in [3.63, 3.8) is 0 Å². The Morgan fingerprint density at radius 3 is 2.63 bits per heavy atom. The monoisotopic (exact) mass is 446 g/mol. The molecule has 7 nitrogen and oxygen atoms in total. The first-order valence-corrected chi connectivity index (χ1v) is 10.5. The molecule has 0 atom stereocenters. The van der Waals surface area contributed by atoms with Crippen LogP contribution in [0.4, 0.5) is 0 Å². The number of fused-ring (bicyclic) bond motifs is 1. The first kappa shape index (κ1) is 20.4. The molecule has 0 amide bonds. The fourth-order valence-electron chi connectivity index (χ4n) is 3.16. The molecule has 9 heteroatoms. The number of halogens is 1. The zero-order valence-electron chi connectivity index (χ0n) is 16.3. The number of imidazole rings is 1. The minimum absolute atomic E-state index is 0.139. The van der Waals surface area contributed by atoms with Crippen LogP contribution in [0.1, 0.15) is 27.4 Å². The molecule has 0 aliphatic carbocycles. The quantitative estimate of drug-likeness (QED) is 0.530. The summed E-state index contributed by atoms with van der Waals surface area (Å²) in [6.07, 6.45) is 0. The van der Waals surface area contributed by atoms with Gasteiger partial charge in [-0.25, -0.2) is 9.78 Å². The minimum Gasteiger partial charge on any atom is -0.497 e. The van der Waals surface area contributed by atoms with Crippen LogP contribution in [0, 0.1) is 6.92 Å². The van der Waals surface area contributed by atoms with E-state index >= 15 is 0 Å². The smallest absolute Gasteiger partial charge is 0.355 e. The number of carboxylic acid groups (broad SMARTS) is 1. The predicted octanol–water partition coefficient (Wildman–Crippen LogP) is 4.62. The number of thioether (sulfide) groups is 1. The van der Waals surface area contributed by atoms with Gasteiger partial charge in [0.2, 0.25) is 6.79 Å². The van der Waals surface area contributed by atoms with E-state index in [0.717, 1.165) is 16.9 Å². The Kier molecular flexibility index (Phi) is 5.78. The van der Waals surface area contributed by atoms with Gasteiger partial charge in [-0.3, -0.25) is 0 Å². The molecule has 30 heavy (non-hydrogen) atoms. The molecule has 1 aliphatic heterocycles. The van der Waals surface area contributed by atoms with E-state index in [1.54, 1.807) is 30.7 Å². The van der Waals surface area contributed by atoms with Crippen LogP contribution in [0.5, 0.6) is 17.2 Å². The molecule has 2 heterocycles. The molecule has 0 saturated heterocycles. The first-order valence-electron chi connectivity index (χ1n) is 9.10. The van der Waals surface area contributed by atoms with E-state index in [4.69, 9.17) is 25.8 Å².